The minimum atomic E-state index is -4.08. The topological polar surface area (TPSA) is 21.3 Å². The molecule has 1 saturated heterocycles. The molecule has 0 amide bonds. The Morgan fingerprint density at radius 1 is 1.38 bits per heavy atom. The van der Waals surface area contributed by atoms with Crippen LogP contribution in [0.4, 0.5) is 13.2 Å². The van der Waals surface area contributed by atoms with Gasteiger partial charge in [-0.1, -0.05) is 0 Å². The van der Waals surface area contributed by atoms with E-state index in [0.29, 0.717) is 6.61 Å². The summed E-state index contributed by atoms with van der Waals surface area (Å²) in [5.74, 6) is 0. The Morgan fingerprint density at radius 3 is 2.50 bits per heavy atom. The molecule has 5 heteroatoms. The average molecular weight is 239 g/mol. The summed E-state index contributed by atoms with van der Waals surface area (Å²) in [4.78, 5) is 0. The molecule has 1 heterocycles. The highest BCUT2D eigenvalue weighted by Crippen LogP contribution is 2.32. The normalized spacial score (nSPS) is 29.1. The van der Waals surface area contributed by atoms with Crippen LogP contribution in [0.5, 0.6) is 0 Å². The van der Waals surface area contributed by atoms with E-state index >= 15 is 0 Å². The van der Waals surface area contributed by atoms with E-state index in [-0.39, 0.29) is 12.5 Å². The molecular formula is C11H20F3NO. The summed E-state index contributed by atoms with van der Waals surface area (Å²) >= 11 is 0. The van der Waals surface area contributed by atoms with Crippen LogP contribution < -0.4 is 5.32 Å². The number of likely N-dealkylation sites (N-methyl/N-ethyl adjacent to an activating group) is 1. The molecule has 0 aromatic carbocycles. The number of rotatable bonds is 4. The third kappa shape index (κ3) is 3.94. The fourth-order valence-electron chi connectivity index (χ4n) is 2.29. The lowest BCUT2D eigenvalue weighted by Crippen LogP contribution is -2.51. The highest BCUT2D eigenvalue weighted by Gasteiger charge is 2.38. The molecule has 1 N–H and O–H groups in total. The van der Waals surface area contributed by atoms with Crippen molar-refractivity contribution >= 4 is 0 Å². The highest BCUT2D eigenvalue weighted by atomic mass is 19.4. The van der Waals surface area contributed by atoms with Gasteiger partial charge in [0.2, 0.25) is 0 Å². The van der Waals surface area contributed by atoms with Gasteiger partial charge in [0.05, 0.1) is 5.60 Å². The molecule has 2 nitrogen and oxygen atoms in total. The van der Waals surface area contributed by atoms with Crippen LogP contribution in [0.1, 0.15) is 39.0 Å². The molecule has 1 aliphatic rings. The summed E-state index contributed by atoms with van der Waals surface area (Å²) in [5.41, 5.74) is -0.446. The van der Waals surface area contributed by atoms with Crippen molar-refractivity contribution in [2.45, 2.75) is 56.8 Å². The molecule has 1 rings (SSSR count). The number of alkyl halides is 3. The second-order valence-electron chi connectivity index (χ2n) is 4.61. The van der Waals surface area contributed by atoms with Crippen LogP contribution in [0, 0.1) is 0 Å². The van der Waals surface area contributed by atoms with Gasteiger partial charge in [0, 0.05) is 19.1 Å². The van der Waals surface area contributed by atoms with E-state index in [0.717, 1.165) is 19.3 Å². The molecule has 0 saturated carbocycles. The third-order valence-electron chi connectivity index (χ3n) is 3.30. The molecule has 0 aromatic rings. The quantitative estimate of drug-likeness (QED) is 0.814. The summed E-state index contributed by atoms with van der Waals surface area (Å²) in [6.45, 7) is 2.56. The summed E-state index contributed by atoms with van der Waals surface area (Å²) in [5, 5.41) is 2.96. The van der Waals surface area contributed by atoms with Gasteiger partial charge in [-0.3, -0.25) is 0 Å². The Morgan fingerprint density at radius 2 is 2.06 bits per heavy atom. The van der Waals surface area contributed by atoms with Gasteiger partial charge in [-0.25, -0.2) is 0 Å². The van der Waals surface area contributed by atoms with E-state index in [1.165, 1.54) is 0 Å². The zero-order chi connectivity index (χ0) is 12.2. The highest BCUT2D eigenvalue weighted by molar-refractivity contribution is 4.91. The Hall–Kier alpha value is -0.290. The first-order chi connectivity index (χ1) is 7.37. The smallest absolute Gasteiger partial charge is 0.374 e. The van der Waals surface area contributed by atoms with Gasteiger partial charge in [0.25, 0.3) is 0 Å². The lowest BCUT2D eigenvalue weighted by Gasteiger charge is -2.40. The van der Waals surface area contributed by atoms with E-state index in [4.69, 9.17) is 4.74 Å². The Balaban J connectivity index is 2.52. The fourth-order valence-corrected chi connectivity index (χ4v) is 2.29. The zero-order valence-corrected chi connectivity index (χ0v) is 9.86. The van der Waals surface area contributed by atoms with E-state index in [9.17, 15) is 13.2 Å². The summed E-state index contributed by atoms with van der Waals surface area (Å²) in [7, 11) is 1.70. The third-order valence-corrected chi connectivity index (χ3v) is 3.30. The van der Waals surface area contributed by atoms with Gasteiger partial charge in [-0.05, 0) is 39.7 Å². The maximum Gasteiger partial charge on any atom is 0.389 e. The molecule has 16 heavy (non-hydrogen) atoms. The van der Waals surface area contributed by atoms with Crippen LogP contribution in [0.2, 0.25) is 0 Å². The van der Waals surface area contributed by atoms with Crippen LogP contribution in [-0.4, -0.2) is 31.5 Å². The number of hydrogen-bond acceptors (Lipinski definition) is 2. The summed E-state index contributed by atoms with van der Waals surface area (Å²) in [6, 6.07) is -0.227. The molecule has 0 spiro atoms. The van der Waals surface area contributed by atoms with Gasteiger partial charge in [0.15, 0.2) is 0 Å². The predicted octanol–water partition coefficient (Wildman–Crippen LogP) is 2.88. The molecule has 1 aliphatic heterocycles. The SMILES string of the molecule is CNC(CCC(F)(F)F)C1(C)CCCCO1. The average Bonchev–Trinajstić information content (AvgIpc) is 2.17. The maximum atomic E-state index is 12.2. The van der Waals surface area contributed by atoms with Gasteiger partial charge >= 0.3 is 6.18 Å². The van der Waals surface area contributed by atoms with E-state index in [1.807, 2.05) is 6.92 Å². The van der Waals surface area contributed by atoms with Crippen LogP contribution in [-0.2, 0) is 4.74 Å². The summed E-state index contributed by atoms with van der Waals surface area (Å²) in [6.07, 6.45) is -1.89. The largest absolute Gasteiger partial charge is 0.389 e. The second kappa shape index (κ2) is 5.36. The van der Waals surface area contributed by atoms with Crippen molar-refractivity contribution in [3.63, 3.8) is 0 Å². The first kappa shape index (κ1) is 13.8. The van der Waals surface area contributed by atoms with Crippen molar-refractivity contribution in [2.75, 3.05) is 13.7 Å². The van der Waals surface area contributed by atoms with Crippen LogP contribution in [0.3, 0.4) is 0 Å². The molecule has 2 atom stereocenters. The lowest BCUT2D eigenvalue weighted by atomic mass is 9.85. The molecule has 0 radical (unpaired) electrons. The molecule has 1 fully saturated rings. The molecule has 96 valence electrons. The van der Waals surface area contributed by atoms with Crippen LogP contribution in [0.25, 0.3) is 0 Å². The first-order valence-electron chi connectivity index (χ1n) is 5.75. The monoisotopic (exact) mass is 239 g/mol. The zero-order valence-electron chi connectivity index (χ0n) is 9.86. The lowest BCUT2D eigenvalue weighted by molar-refractivity contribution is -0.144. The predicted molar refractivity (Wildman–Crippen MR) is 56.3 cm³/mol. The number of hydrogen-bond donors (Lipinski definition) is 1. The Labute approximate surface area is 94.5 Å². The van der Waals surface area contributed by atoms with Crippen molar-refractivity contribution in [3.05, 3.63) is 0 Å². The van der Waals surface area contributed by atoms with E-state index in [2.05, 4.69) is 5.32 Å². The number of nitrogens with one attached hydrogen (secondary N) is 1. The van der Waals surface area contributed by atoms with Crippen molar-refractivity contribution < 1.29 is 17.9 Å². The minimum Gasteiger partial charge on any atom is -0.374 e. The van der Waals surface area contributed by atoms with Gasteiger partial charge < -0.3 is 10.1 Å². The van der Waals surface area contributed by atoms with Crippen LogP contribution >= 0.6 is 0 Å². The second-order valence-corrected chi connectivity index (χ2v) is 4.61. The van der Waals surface area contributed by atoms with Crippen LogP contribution in [0.15, 0.2) is 0 Å². The fraction of sp³-hybridized carbons (Fsp3) is 1.00. The Bertz CT molecular complexity index is 212. The van der Waals surface area contributed by atoms with Crippen molar-refractivity contribution in [2.24, 2.45) is 0 Å². The molecule has 2 unspecified atom stereocenters. The molecule has 0 bridgehead atoms. The van der Waals surface area contributed by atoms with Crippen molar-refractivity contribution in [3.8, 4) is 0 Å². The Kier molecular flexibility index (Phi) is 4.62. The number of halogens is 3. The van der Waals surface area contributed by atoms with Gasteiger partial charge in [0.1, 0.15) is 0 Å². The van der Waals surface area contributed by atoms with E-state index in [1.54, 1.807) is 7.05 Å². The molecular weight excluding hydrogens is 219 g/mol. The van der Waals surface area contributed by atoms with Crippen molar-refractivity contribution in [1.82, 2.24) is 5.32 Å². The number of ether oxygens (including phenoxy) is 1. The maximum absolute atomic E-state index is 12.2. The first-order valence-corrected chi connectivity index (χ1v) is 5.75. The molecule has 0 aromatic heterocycles. The molecule has 0 aliphatic carbocycles. The standard InChI is InChI=1S/C11H20F3NO/c1-10(6-3-4-8-16-10)9(15-2)5-7-11(12,13)14/h9,15H,3-8H2,1-2H3. The van der Waals surface area contributed by atoms with E-state index < -0.39 is 18.2 Å². The van der Waals surface area contributed by atoms with Gasteiger partial charge in [-0.15, -0.1) is 0 Å². The van der Waals surface area contributed by atoms with Crippen molar-refractivity contribution in [1.29, 1.82) is 0 Å². The van der Waals surface area contributed by atoms with Gasteiger partial charge in [-0.2, -0.15) is 13.2 Å². The minimum absolute atomic E-state index is 0.0799. The summed E-state index contributed by atoms with van der Waals surface area (Å²) < 4.78 is 42.2.